The SMILES string of the molecule is CC1CC=CCC1COc1ncncc1I. The fraction of sp³-hybridized carbons (Fsp3) is 0.500. The molecule has 16 heavy (non-hydrogen) atoms. The zero-order valence-corrected chi connectivity index (χ0v) is 11.4. The van der Waals surface area contributed by atoms with E-state index in [1.165, 1.54) is 6.33 Å². The maximum atomic E-state index is 5.75. The number of hydrogen-bond donors (Lipinski definition) is 0. The van der Waals surface area contributed by atoms with Crippen LogP contribution in [0.25, 0.3) is 0 Å². The van der Waals surface area contributed by atoms with Crippen LogP contribution in [0.5, 0.6) is 5.88 Å². The van der Waals surface area contributed by atoms with Crippen molar-refractivity contribution in [3.63, 3.8) is 0 Å². The minimum absolute atomic E-state index is 0.607. The molecule has 0 N–H and O–H groups in total. The van der Waals surface area contributed by atoms with Crippen LogP contribution >= 0.6 is 22.6 Å². The van der Waals surface area contributed by atoms with E-state index >= 15 is 0 Å². The molecule has 3 nitrogen and oxygen atoms in total. The largest absolute Gasteiger partial charge is 0.477 e. The molecule has 0 radical (unpaired) electrons. The van der Waals surface area contributed by atoms with Crippen LogP contribution in [0.15, 0.2) is 24.7 Å². The molecule has 0 saturated carbocycles. The van der Waals surface area contributed by atoms with Crippen molar-refractivity contribution >= 4 is 22.6 Å². The molecule has 2 atom stereocenters. The lowest BCUT2D eigenvalue weighted by Crippen LogP contribution is -2.21. The molecule has 4 heteroatoms. The standard InChI is InChI=1S/C12H15IN2O/c1-9-4-2-3-5-10(9)7-16-12-11(13)6-14-8-15-12/h2-3,6,8-10H,4-5,7H2,1H3. The number of ether oxygens (including phenoxy) is 1. The van der Waals surface area contributed by atoms with E-state index in [4.69, 9.17) is 4.74 Å². The van der Waals surface area contributed by atoms with Gasteiger partial charge in [-0.25, -0.2) is 9.97 Å². The van der Waals surface area contributed by atoms with E-state index in [-0.39, 0.29) is 0 Å². The monoisotopic (exact) mass is 330 g/mol. The van der Waals surface area contributed by atoms with Crippen molar-refractivity contribution in [1.82, 2.24) is 9.97 Å². The predicted octanol–water partition coefficient (Wildman–Crippen LogP) is 3.06. The molecule has 0 saturated heterocycles. The van der Waals surface area contributed by atoms with Gasteiger partial charge < -0.3 is 4.74 Å². The minimum Gasteiger partial charge on any atom is -0.477 e. The van der Waals surface area contributed by atoms with Crippen LogP contribution in [0.3, 0.4) is 0 Å². The zero-order valence-electron chi connectivity index (χ0n) is 9.27. The van der Waals surface area contributed by atoms with Crippen LogP contribution in [-0.4, -0.2) is 16.6 Å². The van der Waals surface area contributed by atoms with Crippen molar-refractivity contribution in [2.75, 3.05) is 6.61 Å². The van der Waals surface area contributed by atoms with Crippen molar-refractivity contribution < 1.29 is 4.74 Å². The van der Waals surface area contributed by atoms with Gasteiger partial charge in [0.1, 0.15) is 6.33 Å². The molecule has 1 aromatic rings. The van der Waals surface area contributed by atoms with Crippen molar-refractivity contribution in [2.24, 2.45) is 11.8 Å². The first-order valence-corrected chi connectivity index (χ1v) is 6.58. The molecule has 0 fully saturated rings. The summed E-state index contributed by atoms with van der Waals surface area (Å²) in [6.07, 6.45) is 10.1. The molecule has 0 amide bonds. The summed E-state index contributed by atoms with van der Waals surface area (Å²) < 4.78 is 6.73. The van der Waals surface area contributed by atoms with Crippen molar-refractivity contribution in [1.29, 1.82) is 0 Å². The van der Waals surface area contributed by atoms with Gasteiger partial charge in [0.05, 0.1) is 10.2 Å². The Morgan fingerprint density at radius 2 is 2.25 bits per heavy atom. The van der Waals surface area contributed by atoms with Crippen LogP contribution in [0.2, 0.25) is 0 Å². The van der Waals surface area contributed by atoms with Gasteiger partial charge in [-0.1, -0.05) is 19.1 Å². The third-order valence-electron chi connectivity index (χ3n) is 2.99. The number of rotatable bonds is 3. The molecule has 0 aliphatic heterocycles. The molecule has 1 aliphatic carbocycles. The first-order chi connectivity index (χ1) is 7.77. The molecule has 1 heterocycles. The summed E-state index contributed by atoms with van der Waals surface area (Å²) in [7, 11) is 0. The maximum absolute atomic E-state index is 5.75. The summed E-state index contributed by atoms with van der Waals surface area (Å²) in [5.41, 5.74) is 0. The second-order valence-corrected chi connectivity index (χ2v) is 5.33. The molecule has 0 bridgehead atoms. The molecule has 1 aliphatic rings. The molecule has 86 valence electrons. The fourth-order valence-corrected chi connectivity index (χ4v) is 2.29. The van der Waals surface area contributed by atoms with Gasteiger partial charge in [0.2, 0.25) is 5.88 Å². The van der Waals surface area contributed by atoms with Gasteiger partial charge in [0.25, 0.3) is 0 Å². The van der Waals surface area contributed by atoms with Gasteiger partial charge in [0.15, 0.2) is 0 Å². The molecular weight excluding hydrogens is 315 g/mol. The highest BCUT2D eigenvalue weighted by Crippen LogP contribution is 2.26. The van der Waals surface area contributed by atoms with Crippen molar-refractivity contribution in [2.45, 2.75) is 19.8 Å². The Bertz CT molecular complexity index is 381. The summed E-state index contributed by atoms with van der Waals surface area (Å²) in [6, 6.07) is 0. The summed E-state index contributed by atoms with van der Waals surface area (Å²) in [6.45, 7) is 3.03. The third kappa shape index (κ3) is 2.93. The van der Waals surface area contributed by atoms with E-state index in [0.29, 0.717) is 17.7 Å². The second kappa shape index (κ2) is 5.61. The lowest BCUT2D eigenvalue weighted by molar-refractivity contribution is 0.191. The van der Waals surface area contributed by atoms with Gasteiger partial charge in [-0.15, -0.1) is 0 Å². The Balaban J connectivity index is 1.92. The summed E-state index contributed by atoms with van der Waals surface area (Å²) in [5.74, 6) is 2.01. The summed E-state index contributed by atoms with van der Waals surface area (Å²) in [5, 5.41) is 0. The zero-order chi connectivity index (χ0) is 11.4. The summed E-state index contributed by atoms with van der Waals surface area (Å²) in [4.78, 5) is 8.07. The van der Waals surface area contributed by atoms with Crippen molar-refractivity contribution in [3.8, 4) is 5.88 Å². The van der Waals surface area contributed by atoms with Gasteiger partial charge in [-0.2, -0.15) is 0 Å². The molecule has 2 rings (SSSR count). The number of nitrogens with zero attached hydrogens (tertiary/aromatic N) is 2. The molecule has 0 spiro atoms. The topological polar surface area (TPSA) is 35.0 Å². The Morgan fingerprint density at radius 3 is 3.00 bits per heavy atom. The Kier molecular flexibility index (Phi) is 4.15. The van der Waals surface area contributed by atoms with Crippen LogP contribution in [-0.2, 0) is 0 Å². The Morgan fingerprint density at radius 1 is 1.44 bits per heavy atom. The minimum atomic E-state index is 0.607. The van der Waals surface area contributed by atoms with Crippen molar-refractivity contribution in [3.05, 3.63) is 28.2 Å². The first kappa shape index (κ1) is 11.8. The Labute approximate surface area is 109 Å². The van der Waals surface area contributed by atoms with E-state index < -0.39 is 0 Å². The average molecular weight is 330 g/mol. The normalized spacial score (nSPS) is 24.4. The van der Waals surface area contributed by atoms with Gasteiger partial charge >= 0.3 is 0 Å². The number of halogens is 1. The number of hydrogen-bond acceptors (Lipinski definition) is 3. The van der Waals surface area contributed by atoms with E-state index in [9.17, 15) is 0 Å². The molecule has 1 aromatic heterocycles. The maximum Gasteiger partial charge on any atom is 0.230 e. The average Bonchev–Trinajstić information content (AvgIpc) is 2.30. The molecule has 0 aromatic carbocycles. The van der Waals surface area contributed by atoms with E-state index in [1.807, 2.05) is 0 Å². The summed E-state index contributed by atoms with van der Waals surface area (Å²) >= 11 is 2.20. The molecular formula is C12H15IN2O. The fourth-order valence-electron chi connectivity index (χ4n) is 1.83. The first-order valence-electron chi connectivity index (χ1n) is 5.50. The highest BCUT2D eigenvalue weighted by Gasteiger charge is 2.19. The highest BCUT2D eigenvalue weighted by molar-refractivity contribution is 14.1. The molecule has 2 unspecified atom stereocenters. The van der Waals surface area contributed by atoms with Crippen LogP contribution in [0.4, 0.5) is 0 Å². The van der Waals surface area contributed by atoms with E-state index in [1.54, 1.807) is 6.20 Å². The van der Waals surface area contributed by atoms with Gasteiger partial charge in [-0.05, 0) is 47.3 Å². The van der Waals surface area contributed by atoms with E-state index in [2.05, 4.69) is 51.6 Å². The number of aromatic nitrogens is 2. The lowest BCUT2D eigenvalue weighted by atomic mass is 9.85. The highest BCUT2D eigenvalue weighted by atomic mass is 127. The van der Waals surface area contributed by atoms with E-state index in [0.717, 1.165) is 23.0 Å². The second-order valence-electron chi connectivity index (χ2n) is 4.17. The quantitative estimate of drug-likeness (QED) is 0.631. The third-order valence-corrected chi connectivity index (χ3v) is 3.73. The van der Waals surface area contributed by atoms with Gasteiger partial charge in [-0.3, -0.25) is 0 Å². The smallest absolute Gasteiger partial charge is 0.230 e. The predicted molar refractivity (Wildman–Crippen MR) is 71.3 cm³/mol. The van der Waals surface area contributed by atoms with Crippen LogP contribution in [0, 0.1) is 15.4 Å². The lowest BCUT2D eigenvalue weighted by Gasteiger charge is -2.24. The Hall–Kier alpha value is -0.650. The van der Waals surface area contributed by atoms with Gasteiger partial charge in [0, 0.05) is 6.20 Å². The van der Waals surface area contributed by atoms with Crippen LogP contribution in [0.1, 0.15) is 19.8 Å². The number of allylic oxidation sites excluding steroid dienone is 2. The van der Waals surface area contributed by atoms with Crippen LogP contribution < -0.4 is 4.74 Å².